The fourth-order valence-corrected chi connectivity index (χ4v) is 1.87. The monoisotopic (exact) mass is 212 g/mol. The second kappa shape index (κ2) is 3.82. The fraction of sp³-hybridized carbons (Fsp3) is 0.231. The summed E-state index contributed by atoms with van der Waals surface area (Å²) in [6.45, 7) is 3.94. The van der Waals surface area contributed by atoms with Crippen LogP contribution in [0.15, 0.2) is 30.9 Å². The van der Waals surface area contributed by atoms with Gasteiger partial charge in [0.25, 0.3) is 0 Å². The molecule has 0 aliphatic heterocycles. The summed E-state index contributed by atoms with van der Waals surface area (Å²) < 4.78 is 4.03. The summed E-state index contributed by atoms with van der Waals surface area (Å²) in [5.41, 5.74) is 3.91. The Hall–Kier alpha value is -2.08. The zero-order valence-corrected chi connectivity index (χ0v) is 9.73. The van der Waals surface area contributed by atoms with Gasteiger partial charge in [-0.1, -0.05) is 0 Å². The van der Waals surface area contributed by atoms with E-state index in [4.69, 9.17) is 5.26 Å². The molecule has 0 bridgehead atoms. The maximum Gasteiger partial charge on any atom is 0.248 e. The number of rotatable bonds is 1. The van der Waals surface area contributed by atoms with Crippen LogP contribution in [-0.2, 0) is 7.05 Å². The number of benzene rings is 1. The molecule has 0 saturated heterocycles. The molecular formula is C13H14N3+. The van der Waals surface area contributed by atoms with Crippen molar-refractivity contribution in [2.45, 2.75) is 13.8 Å². The number of nitrogens with zero attached hydrogens (tertiary/aromatic N) is 3. The quantitative estimate of drug-likeness (QED) is 0.663. The summed E-state index contributed by atoms with van der Waals surface area (Å²) in [5, 5.41) is 9.00. The Morgan fingerprint density at radius 1 is 1.25 bits per heavy atom. The second-order valence-corrected chi connectivity index (χ2v) is 4.05. The molecule has 0 N–H and O–H groups in total. The van der Waals surface area contributed by atoms with Crippen molar-refractivity contribution in [2.24, 2.45) is 7.05 Å². The molecule has 3 nitrogen and oxygen atoms in total. The number of aromatic nitrogens is 2. The van der Waals surface area contributed by atoms with Crippen molar-refractivity contribution in [2.75, 3.05) is 0 Å². The second-order valence-electron chi connectivity index (χ2n) is 4.05. The van der Waals surface area contributed by atoms with E-state index in [1.54, 1.807) is 0 Å². The van der Waals surface area contributed by atoms with Gasteiger partial charge >= 0.3 is 0 Å². The largest absolute Gasteiger partial charge is 0.248 e. The van der Waals surface area contributed by atoms with Gasteiger partial charge in [-0.2, -0.15) is 5.26 Å². The molecule has 1 aromatic carbocycles. The van der Waals surface area contributed by atoms with Gasteiger partial charge in [0.1, 0.15) is 18.1 Å². The van der Waals surface area contributed by atoms with Crippen molar-refractivity contribution >= 4 is 0 Å². The Bertz CT molecular complexity index is 550. The van der Waals surface area contributed by atoms with E-state index in [1.165, 1.54) is 0 Å². The molecule has 0 fully saturated rings. The molecule has 1 heterocycles. The van der Waals surface area contributed by atoms with Gasteiger partial charge in [-0.05, 0) is 37.1 Å². The van der Waals surface area contributed by atoms with Gasteiger partial charge in [0, 0.05) is 0 Å². The predicted molar refractivity (Wildman–Crippen MR) is 61.1 cm³/mol. The molecule has 1 aromatic heterocycles. The lowest BCUT2D eigenvalue weighted by atomic mass is 10.0. The van der Waals surface area contributed by atoms with E-state index in [2.05, 4.69) is 6.07 Å². The highest BCUT2D eigenvalue weighted by molar-refractivity contribution is 5.50. The Morgan fingerprint density at radius 2 is 1.88 bits per heavy atom. The van der Waals surface area contributed by atoms with Crippen molar-refractivity contribution in [3.05, 3.63) is 47.5 Å². The molecule has 0 spiro atoms. The normalized spacial score (nSPS) is 10.1. The minimum absolute atomic E-state index is 0.778. The van der Waals surface area contributed by atoms with Crippen LogP contribution >= 0.6 is 0 Å². The molecule has 0 aliphatic rings. The van der Waals surface area contributed by atoms with E-state index >= 15 is 0 Å². The van der Waals surface area contributed by atoms with Gasteiger partial charge in [0.15, 0.2) is 0 Å². The third kappa shape index (κ3) is 1.70. The van der Waals surface area contributed by atoms with Gasteiger partial charge in [0.05, 0.1) is 18.7 Å². The van der Waals surface area contributed by atoms with Gasteiger partial charge in [-0.25, -0.2) is 9.13 Å². The van der Waals surface area contributed by atoms with Crippen LogP contribution in [-0.4, -0.2) is 4.57 Å². The van der Waals surface area contributed by atoms with Gasteiger partial charge in [0.2, 0.25) is 6.33 Å². The van der Waals surface area contributed by atoms with Gasteiger partial charge in [-0.15, -0.1) is 0 Å². The molecule has 0 saturated carbocycles. The van der Waals surface area contributed by atoms with Crippen molar-refractivity contribution in [1.29, 1.82) is 5.26 Å². The average molecular weight is 212 g/mol. The summed E-state index contributed by atoms with van der Waals surface area (Å²) in [6.07, 6.45) is 5.99. The van der Waals surface area contributed by atoms with E-state index in [9.17, 15) is 0 Å². The molecule has 2 rings (SSSR count). The lowest BCUT2D eigenvalue weighted by Crippen LogP contribution is -2.23. The smallest absolute Gasteiger partial charge is 0.239 e. The summed E-state index contributed by atoms with van der Waals surface area (Å²) >= 11 is 0. The first-order chi connectivity index (χ1) is 7.61. The van der Waals surface area contributed by atoms with Gasteiger partial charge < -0.3 is 0 Å². The lowest BCUT2D eigenvalue weighted by Gasteiger charge is -2.04. The summed E-state index contributed by atoms with van der Waals surface area (Å²) in [7, 11) is 1.99. The zero-order valence-electron chi connectivity index (χ0n) is 9.73. The maximum absolute atomic E-state index is 9.00. The van der Waals surface area contributed by atoms with E-state index in [-0.39, 0.29) is 0 Å². The van der Waals surface area contributed by atoms with Crippen molar-refractivity contribution in [3.8, 4) is 11.8 Å². The molecule has 0 atom stereocenters. The number of nitriles is 1. The third-order valence-electron chi connectivity index (χ3n) is 2.70. The molecule has 0 radical (unpaired) electrons. The standard InChI is InChI=1S/C13H14N3/c1-10-6-12(7-11(2)13(10)8-14)16-5-4-15(3)9-16/h4-7,9H,1-3H3/q+1. The average Bonchev–Trinajstić information content (AvgIpc) is 2.64. The molecule has 2 aromatic rings. The van der Waals surface area contributed by atoms with Gasteiger partial charge in [-0.3, -0.25) is 0 Å². The summed E-state index contributed by atoms with van der Waals surface area (Å²) in [6, 6.07) is 6.30. The Kier molecular flexibility index (Phi) is 2.49. The van der Waals surface area contributed by atoms with E-state index < -0.39 is 0 Å². The van der Waals surface area contributed by atoms with Crippen LogP contribution in [0.3, 0.4) is 0 Å². The van der Waals surface area contributed by atoms with Crippen LogP contribution in [0, 0.1) is 25.2 Å². The Labute approximate surface area is 95.2 Å². The molecule has 80 valence electrons. The Balaban J connectivity index is 2.57. The van der Waals surface area contributed by atoms with E-state index in [0.717, 1.165) is 22.4 Å². The maximum atomic E-state index is 9.00. The molecule has 0 aliphatic carbocycles. The summed E-state index contributed by atoms with van der Waals surface area (Å²) in [4.78, 5) is 0. The molecule has 0 amide bonds. The zero-order chi connectivity index (χ0) is 11.7. The third-order valence-corrected chi connectivity index (χ3v) is 2.70. The molecular weight excluding hydrogens is 198 g/mol. The topological polar surface area (TPSA) is 32.6 Å². The first kappa shape index (κ1) is 10.4. The SMILES string of the molecule is Cc1cc(-n2cc[n+](C)c2)cc(C)c1C#N. The highest BCUT2D eigenvalue weighted by atomic mass is 15.1. The van der Waals surface area contributed by atoms with Crippen LogP contribution in [0.2, 0.25) is 0 Å². The molecule has 3 heteroatoms. The molecule has 0 unspecified atom stereocenters. The number of aryl methyl sites for hydroxylation is 3. The first-order valence-electron chi connectivity index (χ1n) is 5.17. The van der Waals surface area contributed by atoms with Crippen molar-refractivity contribution < 1.29 is 4.57 Å². The molecule has 16 heavy (non-hydrogen) atoms. The first-order valence-corrected chi connectivity index (χ1v) is 5.17. The number of hydrogen-bond acceptors (Lipinski definition) is 1. The van der Waals surface area contributed by atoms with E-state index in [0.29, 0.717) is 0 Å². The number of imidazole rings is 1. The van der Waals surface area contributed by atoms with E-state index in [1.807, 2.05) is 60.9 Å². The van der Waals surface area contributed by atoms with Crippen LogP contribution in [0.4, 0.5) is 0 Å². The van der Waals surface area contributed by atoms with Crippen molar-refractivity contribution in [3.63, 3.8) is 0 Å². The minimum atomic E-state index is 0.778. The highest BCUT2D eigenvalue weighted by Gasteiger charge is 2.09. The van der Waals surface area contributed by atoms with Crippen LogP contribution in [0.1, 0.15) is 16.7 Å². The van der Waals surface area contributed by atoms with Crippen molar-refractivity contribution in [1.82, 2.24) is 4.57 Å². The van der Waals surface area contributed by atoms with Crippen LogP contribution in [0.5, 0.6) is 0 Å². The fourth-order valence-electron chi connectivity index (χ4n) is 1.87. The number of hydrogen-bond donors (Lipinski definition) is 0. The minimum Gasteiger partial charge on any atom is -0.239 e. The highest BCUT2D eigenvalue weighted by Crippen LogP contribution is 2.18. The Morgan fingerprint density at radius 3 is 2.31 bits per heavy atom. The lowest BCUT2D eigenvalue weighted by molar-refractivity contribution is -0.670. The summed E-state index contributed by atoms with van der Waals surface area (Å²) in [5.74, 6) is 0. The van der Waals surface area contributed by atoms with Crippen LogP contribution in [0.25, 0.3) is 5.69 Å². The van der Waals surface area contributed by atoms with Crippen LogP contribution < -0.4 is 4.57 Å². The predicted octanol–water partition coefficient (Wildman–Crippen LogP) is 1.79.